The molecule has 2 heterocycles. The lowest BCUT2D eigenvalue weighted by atomic mass is 9.99. The fourth-order valence-corrected chi connectivity index (χ4v) is 2.94. The third-order valence-electron chi connectivity index (χ3n) is 4.01. The van der Waals surface area contributed by atoms with E-state index in [9.17, 15) is 9.90 Å². The molecule has 0 bridgehead atoms. The molecule has 1 unspecified atom stereocenters. The Morgan fingerprint density at radius 3 is 2.71 bits per heavy atom. The van der Waals surface area contributed by atoms with Gasteiger partial charge >= 0.3 is 5.97 Å². The van der Waals surface area contributed by atoms with Gasteiger partial charge in [0.05, 0.1) is 11.3 Å². The molecule has 6 heteroatoms. The van der Waals surface area contributed by atoms with Crippen LogP contribution < -0.4 is 9.47 Å². The smallest absolute Gasteiger partial charge is 0.335 e. The fourth-order valence-electron chi connectivity index (χ4n) is 2.94. The lowest BCUT2D eigenvalue weighted by molar-refractivity contribution is 0.0694. The Labute approximate surface area is 140 Å². The molecule has 2 aromatic rings. The van der Waals surface area contributed by atoms with E-state index in [-0.39, 0.29) is 17.3 Å². The highest BCUT2D eigenvalue weighted by Crippen LogP contribution is 2.42. The molecule has 1 N–H and O–H groups in total. The number of rotatable bonds is 4. The van der Waals surface area contributed by atoms with Crippen LogP contribution >= 0.6 is 0 Å². The molecule has 1 aromatic carbocycles. The molecular weight excluding hydrogens is 308 g/mol. The molecule has 0 fully saturated rings. The molecule has 3 rings (SSSR count). The Morgan fingerprint density at radius 1 is 1.33 bits per heavy atom. The first-order valence-corrected chi connectivity index (χ1v) is 7.80. The summed E-state index contributed by atoms with van der Waals surface area (Å²) in [6, 6.07) is 3.10. The van der Waals surface area contributed by atoms with Crippen LogP contribution in [0, 0.1) is 6.92 Å². The molecule has 1 aliphatic rings. The molecule has 126 valence electrons. The first-order valence-electron chi connectivity index (χ1n) is 7.80. The highest BCUT2D eigenvalue weighted by atomic mass is 16.5. The summed E-state index contributed by atoms with van der Waals surface area (Å²) in [5.41, 5.74) is 2.16. The summed E-state index contributed by atoms with van der Waals surface area (Å²) in [6.07, 6.45) is 3.55. The number of carboxylic acid groups (broad SMARTS) is 1. The van der Waals surface area contributed by atoms with Crippen LogP contribution in [0.15, 0.2) is 24.5 Å². The quantitative estimate of drug-likeness (QED) is 0.927. The largest absolute Gasteiger partial charge is 0.487 e. The molecule has 1 atom stereocenters. The van der Waals surface area contributed by atoms with Crippen molar-refractivity contribution in [3.05, 3.63) is 47.0 Å². The molecule has 0 radical (unpaired) electrons. The van der Waals surface area contributed by atoms with Gasteiger partial charge in [-0.3, -0.25) is 9.97 Å². The first-order chi connectivity index (χ1) is 11.3. The summed E-state index contributed by atoms with van der Waals surface area (Å²) in [4.78, 5) is 19.9. The molecule has 0 amide bonds. The van der Waals surface area contributed by atoms with Crippen molar-refractivity contribution in [1.29, 1.82) is 0 Å². The maximum atomic E-state index is 11.4. The number of carbonyl (C=O) groups is 1. The summed E-state index contributed by atoms with van der Waals surface area (Å²) in [6.45, 7) is 7.67. The molecular formula is C18H20N2O4. The number of aryl methyl sites for hydroxylation is 1. The number of carboxylic acids is 1. The topological polar surface area (TPSA) is 81.5 Å². The second-order valence-corrected chi connectivity index (χ2v) is 6.58. The van der Waals surface area contributed by atoms with E-state index in [1.165, 1.54) is 0 Å². The third kappa shape index (κ3) is 3.04. The molecule has 1 aromatic heterocycles. The monoisotopic (exact) mass is 328 g/mol. The Balaban J connectivity index is 1.99. The second kappa shape index (κ2) is 5.78. The van der Waals surface area contributed by atoms with E-state index >= 15 is 0 Å². The minimum Gasteiger partial charge on any atom is -0.487 e. The number of aromatic nitrogens is 2. The molecule has 0 spiro atoms. The SMILES string of the molecule is Cc1nccnc1C(C)Oc1cc(C(=O)O)cc2c1CC(C)(C)O2. The maximum Gasteiger partial charge on any atom is 0.335 e. The van der Waals surface area contributed by atoms with Crippen LogP contribution in [0.5, 0.6) is 11.5 Å². The first kappa shape index (κ1) is 16.2. The number of benzene rings is 1. The van der Waals surface area contributed by atoms with Gasteiger partial charge in [0.2, 0.25) is 0 Å². The number of ether oxygens (including phenoxy) is 2. The predicted octanol–water partition coefficient (Wildman–Crippen LogP) is 3.34. The van der Waals surface area contributed by atoms with Crippen LogP contribution in [0.25, 0.3) is 0 Å². The molecule has 0 aliphatic carbocycles. The zero-order valence-corrected chi connectivity index (χ0v) is 14.2. The standard InChI is InChI=1S/C18H20N2O4/c1-10-16(20-6-5-19-10)11(2)23-14-7-12(17(21)22)8-15-13(14)9-18(3,4)24-15/h5-8,11H,9H2,1-4H3,(H,21,22). The Bertz CT molecular complexity index is 802. The Morgan fingerprint density at radius 2 is 2.04 bits per heavy atom. The highest BCUT2D eigenvalue weighted by Gasteiger charge is 2.34. The van der Waals surface area contributed by atoms with Crippen LogP contribution in [0.1, 0.15) is 54.2 Å². The second-order valence-electron chi connectivity index (χ2n) is 6.58. The Hall–Kier alpha value is -2.63. The molecule has 0 saturated heterocycles. The average Bonchev–Trinajstić information content (AvgIpc) is 2.81. The lowest BCUT2D eigenvalue weighted by Gasteiger charge is -2.18. The van der Waals surface area contributed by atoms with Gasteiger partial charge in [-0.15, -0.1) is 0 Å². The fraction of sp³-hybridized carbons (Fsp3) is 0.389. The summed E-state index contributed by atoms with van der Waals surface area (Å²) in [5, 5.41) is 9.33. The van der Waals surface area contributed by atoms with Crippen LogP contribution in [0.2, 0.25) is 0 Å². The summed E-state index contributed by atoms with van der Waals surface area (Å²) in [7, 11) is 0. The molecule has 6 nitrogen and oxygen atoms in total. The van der Waals surface area contributed by atoms with E-state index in [1.54, 1.807) is 24.5 Å². The molecule has 1 aliphatic heterocycles. The van der Waals surface area contributed by atoms with Crippen LogP contribution in [0.3, 0.4) is 0 Å². The van der Waals surface area contributed by atoms with Crippen molar-refractivity contribution in [3.63, 3.8) is 0 Å². The molecule has 0 saturated carbocycles. The minimum atomic E-state index is -1.01. The summed E-state index contributed by atoms with van der Waals surface area (Å²) < 4.78 is 11.9. The zero-order chi connectivity index (χ0) is 17.5. The minimum absolute atomic E-state index is 0.143. The normalized spacial score (nSPS) is 16.2. The van der Waals surface area contributed by atoms with E-state index in [4.69, 9.17) is 9.47 Å². The van der Waals surface area contributed by atoms with Gasteiger partial charge in [-0.25, -0.2) is 4.79 Å². The van der Waals surface area contributed by atoms with Gasteiger partial charge in [0, 0.05) is 24.4 Å². The average molecular weight is 328 g/mol. The number of nitrogens with zero attached hydrogens (tertiary/aromatic N) is 2. The Kier molecular flexibility index (Phi) is 3.91. The third-order valence-corrected chi connectivity index (χ3v) is 4.01. The number of hydrogen-bond acceptors (Lipinski definition) is 5. The van der Waals surface area contributed by atoms with E-state index in [2.05, 4.69) is 9.97 Å². The van der Waals surface area contributed by atoms with Gasteiger partial charge in [-0.2, -0.15) is 0 Å². The van der Waals surface area contributed by atoms with Gasteiger partial charge < -0.3 is 14.6 Å². The van der Waals surface area contributed by atoms with Gasteiger partial charge in [0.1, 0.15) is 28.9 Å². The predicted molar refractivity (Wildman–Crippen MR) is 87.6 cm³/mol. The highest BCUT2D eigenvalue weighted by molar-refractivity contribution is 5.89. The van der Waals surface area contributed by atoms with Crippen LogP contribution in [-0.4, -0.2) is 26.6 Å². The van der Waals surface area contributed by atoms with Gasteiger partial charge in [0.25, 0.3) is 0 Å². The van der Waals surface area contributed by atoms with Gasteiger partial charge in [-0.05, 0) is 39.8 Å². The van der Waals surface area contributed by atoms with Crippen molar-refractivity contribution in [3.8, 4) is 11.5 Å². The van der Waals surface area contributed by atoms with Crippen molar-refractivity contribution < 1.29 is 19.4 Å². The van der Waals surface area contributed by atoms with E-state index in [0.29, 0.717) is 17.9 Å². The van der Waals surface area contributed by atoms with E-state index in [0.717, 1.165) is 17.0 Å². The number of fused-ring (bicyclic) bond motifs is 1. The number of aromatic carboxylic acids is 1. The maximum absolute atomic E-state index is 11.4. The van der Waals surface area contributed by atoms with Crippen molar-refractivity contribution in [2.24, 2.45) is 0 Å². The lowest BCUT2D eigenvalue weighted by Crippen LogP contribution is -2.24. The zero-order valence-electron chi connectivity index (χ0n) is 14.2. The van der Waals surface area contributed by atoms with Crippen molar-refractivity contribution >= 4 is 5.97 Å². The summed E-state index contributed by atoms with van der Waals surface area (Å²) >= 11 is 0. The van der Waals surface area contributed by atoms with Crippen molar-refractivity contribution in [1.82, 2.24) is 9.97 Å². The van der Waals surface area contributed by atoms with Crippen LogP contribution in [-0.2, 0) is 6.42 Å². The van der Waals surface area contributed by atoms with Gasteiger partial charge in [0.15, 0.2) is 0 Å². The summed E-state index contributed by atoms with van der Waals surface area (Å²) in [5.74, 6) is 0.0743. The molecule has 24 heavy (non-hydrogen) atoms. The van der Waals surface area contributed by atoms with E-state index in [1.807, 2.05) is 27.7 Å². The van der Waals surface area contributed by atoms with Crippen molar-refractivity contribution in [2.45, 2.75) is 45.8 Å². The van der Waals surface area contributed by atoms with Gasteiger partial charge in [-0.1, -0.05) is 0 Å². The number of hydrogen-bond donors (Lipinski definition) is 1. The van der Waals surface area contributed by atoms with Crippen LogP contribution in [0.4, 0.5) is 0 Å². The van der Waals surface area contributed by atoms with Crippen molar-refractivity contribution in [2.75, 3.05) is 0 Å². The van der Waals surface area contributed by atoms with E-state index < -0.39 is 5.97 Å².